The molecule has 0 aliphatic heterocycles. The fourth-order valence-corrected chi connectivity index (χ4v) is 2.52. The minimum atomic E-state index is -0.971. The van der Waals surface area contributed by atoms with E-state index in [9.17, 15) is 9.59 Å². The number of benzene rings is 2. The van der Waals surface area contributed by atoms with Crippen molar-refractivity contribution in [1.82, 2.24) is 0 Å². The van der Waals surface area contributed by atoms with Gasteiger partial charge in [-0.25, -0.2) is 4.79 Å². The van der Waals surface area contributed by atoms with Crippen molar-refractivity contribution in [2.45, 2.75) is 20.0 Å². The molecule has 2 aromatic carbocycles. The van der Waals surface area contributed by atoms with Crippen molar-refractivity contribution in [3.8, 4) is 11.5 Å². The van der Waals surface area contributed by atoms with Gasteiger partial charge in [0.1, 0.15) is 0 Å². The van der Waals surface area contributed by atoms with Gasteiger partial charge in [0.2, 0.25) is 0 Å². The van der Waals surface area contributed by atoms with Crippen LogP contribution in [0.15, 0.2) is 42.5 Å². The highest BCUT2D eigenvalue weighted by Crippen LogP contribution is 2.28. The fraction of sp³-hybridized carbons (Fsp3) is 0.238. The van der Waals surface area contributed by atoms with E-state index in [0.717, 1.165) is 11.1 Å². The number of hydrogen-bond acceptors (Lipinski definition) is 5. The summed E-state index contributed by atoms with van der Waals surface area (Å²) in [7, 11) is 3.07. The molecule has 148 valence electrons. The number of aryl methyl sites for hydroxylation is 1. The van der Waals surface area contributed by atoms with Crippen LogP contribution >= 0.6 is 11.6 Å². The number of nitrogens with one attached hydrogen (secondary N) is 1. The number of halogens is 1. The number of anilines is 1. The lowest BCUT2D eigenvalue weighted by Crippen LogP contribution is -2.29. The molecule has 0 radical (unpaired) electrons. The molecule has 0 saturated heterocycles. The zero-order valence-electron chi connectivity index (χ0n) is 16.1. The van der Waals surface area contributed by atoms with Crippen molar-refractivity contribution in [1.29, 1.82) is 0 Å². The van der Waals surface area contributed by atoms with Crippen molar-refractivity contribution in [3.05, 3.63) is 58.6 Å². The van der Waals surface area contributed by atoms with Crippen LogP contribution in [0.25, 0.3) is 6.08 Å². The Morgan fingerprint density at radius 3 is 2.46 bits per heavy atom. The molecular formula is C21H22ClNO5. The summed E-state index contributed by atoms with van der Waals surface area (Å²) in [6.07, 6.45) is 1.84. The number of amides is 1. The first-order valence-corrected chi connectivity index (χ1v) is 8.89. The third-order valence-corrected chi connectivity index (χ3v) is 4.17. The highest BCUT2D eigenvalue weighted by Gasteiger charge is 2.17. The summed E-state index contributed by atoms with van der Waals surface area (Å²) in [6.45, 7) is 3.34. The molecule has 28 heavy (non-hydrogen) atoms. The third-order valence-electron chi connectivity index (χ3n) is 3.94. The Labute approximate surface area is 169 Å². The minimum absolute atomic E-state index is 0.446. The number of rotatable bonds is 7. The Balaban J connectivity index is 1.97. The maximum Gasteiger partial charge on any atom is 0.331 e. The normalized spacial score (nSPS) is 11.8. The van der Waals surface area contributed by atoms with Crippen molar-refractivity contribution in [2.75, 3.05) is 19.5 Å². The van der Waals surface area contributed by atoms with Crippen molar-refractivity contribution >= 4 is 35.2 Å². The summed E-state index contributed by atoms with van der Waals surface area (Å²) in [4.78, 5) is 24.3. The number of hydrogen-bond donors (Lipinski definition) is 1. The highest BCUT2D eigenvalue weighted by atomic mass is 35.5. The standard InChI is InChI=1S/C21H22ClNO5/c1-13-5-8-16(22)12-17(13)23-21(25)14(2)28-20(24)10-7-15-6-9-18(26-3)19(11-15)27-4/h5-12,14H,1-4H3,(H,23,25)/b10-7+/t14-/m1/s1. The molecule has 0 saturated carbocycles. The minimum Gasteiger partial charge on any atom is -0.493 e. The van der Waals surface area contributed by atoms with Gasteiger partial charge in [0.15, 0.2) is 17.6 Å². The van der Waals surface area contributed by atoms with Crippen LogP contribution in [0, 0.1) is 6.92 Å². The molecule has 1 atom stereocenters. The molecule has 1 N–H and O–H groups in total. The van der Waals surface area contributed by atoms with Crippen LogP contribution in [-0.4, -0.2) is 32.2 Å². The van der Waals surface area contributed by atoms with E-state index in [1.807, 2.05) is 6.92 Å². The average Bonchev–Trinajstić information content (AvgIpc) is 2.68. The Morgan fingerprint density at radius 1 is 1.07 bits per heavy atom. The van der Waals surface area contributed by atoms with E-state index >= 15 is 0 Å². The summed E-state index contributed by atoms with van der Waals surface area (Å²) in [5.74, 6) is 0.0463. The molecular weight excluding hydrogens is 382 g/mol. The molecule has 0 aromatic heterocycles. The van der Waals surface area contributed by atoms with Gasteiger partial charge < -0.3 is 19.5 Å². The van der Waals surface area contributed by atoms with Crippen molar-refractivity contribution in [3.63, 3.8) is 0 Å². The van der Waals surface area contributed by atoms with E-state index < -0.39 is 18.0 Å². The monoisotopic (exact) mass is 403 g/mol. The fourth-order valence-electron chi connectivity index (χ4n) is 2.35. The molecule has 2 rings (SSSR count). The van der Waals surface area contributed by atoms with Crippen LogP contribution < -0.4 is 14.8 Å². The summed E-state index contributed by atoms with van der Waals surface area (Å²) in [6, 6.07) is 10.4. The summed E-state index contributed by atoms with van der Waals surface area (Å²) in [5.41, 5.74) is 2.15. The van der Waals surface area contributed by atoms with Crippen molar-refractivity contribution < 1.29 is 23.8 Å². The molecule has 0 heterocycles. The Kier molecular flexibility index (Phi) is 7.46. The number of ether oxygens (including phenoxy) is 3. The molecule has 0 unspecified atom stereocenters. The number of carbonyl (C=O) groups excluding carboxylic acids is 2. The van der Waals surface area contributed by atoms with E-state index in [2.05, 4.69) is 5.32 Å². The molecule has 2 aromatic rings. The summed E-state index contributed by atoms with van der Waals surface area (Å²) >= 11 is 5.94. The lowest BCUT2D eigenvalue weighted by atomic mass is 10.2. The first-order chi connectivity index (χ1) is 13.3. The molecule has 0 aliphatic rings. The molecule has 7 heteroatoms. The number of methoxy groups -OCH3 is 2. The third kappa shape index (κ3) is 5.76. The quantitative estimate of drug-likeness (QED) is 0.552. The van der Waals surface area contributed by atoms with Crippen LogP contribution in [0.3, 0.4) is 0 Å². The lowest BCUT2D eigenvalue weighted by Gasteiger charge is -2.14. The maximum absolute atomic E-state index is 12.3. The molecule has 0 aliphatic carbocycles. The first-order valence-electron chi connectivity index (χ1n) is 8.51. The molecule has 6 nitrogen and oxygen atoms in total. The Hall–Kier alpha value is -2.99. The van der Waals surface area contributed by atoms with Gasteiger partial charge in [0, 0.05) is 16.8 Å². The zero-order valence-corrected chi connectivity index (χ0v) is 16.9. The van der Waals surface area contributed by atoms with E-state index in [1.165, 1.54) is 20.1 Å². The SMILES string of the molecule is COc1ccc(/C=C/C(=O)O[C@H](C)C(=O)Nc2cc(Cl)ccc2C)cc1OC. The van der Waals surface area contributed by atoms with Gasteiger partial charge in [-0.3, -0.25) is 4.79 Å². The van der Waals surface area contributed by atoms with E-state index in [1.54, 1.807) is 49.6 Å². The van der Waals surface area contributed by atoms with Crippen LogP contribution in [0.5, 0.6) is 11.5 Å². The van der Waals surface area contributed by atoms with Gasteiger partial charge in [-0.05, 0) is 55.3 Å². The largest absolute Gasteiger partial charge is 0.493 e. The van der Waals surface area contributed by atoms with Gasteiger partial charge in [-0.2, -0.15) is 0 Å². The molecule has 0 bridgehead atoms. The first kappa shape index (κ1) is 21.3. The van der Waals surface area contributed by atoms with Crippen molar-refractivity contribution in [2.24, 2.45) is 0 Å². The Morgan fingerprint density at radius 2 is 1.79 bits per heavy atom. The smallest absolute Gasteiger partial charge is 0.331 e. The van der Waals surface area contributed by atoms with E-state index in [-0.39, 0.29) is 0 Å². The van der Waals surface area contributed by atoms with Crippen LogP contribution in [0.2, 0.25) is 5.02 Å². The molecule has 0 fully saturated rings. The van der Waals surface area contributed by atoms with Crippen LogP contribution in [0.1, 0.15) is 18.1 Å². The van der Waals surface area contributed by atoms with E-state index in [0.29, 0.717) is 22.2 Å². The predicted molar refractivity (Wildman–Crippen MR) is 109 cm³/mol. The molecule has 0 spiro atoms. The van der Waals surface area contributed by atoms with Gasteiger partial charge in [0.25, 0.3) is 5.91 Å². The Bertz CT molecular complexity index is 894. The van der Waals surface area contributed by atoms with Gasteiger partial charge in [0.05, 0.1) is 14.2 Å². The summed E-state index contributed by atoms with van der Waals surface area (Å²) in [5, 5.41) is 3.21. The zero-order chi connectivity index (χ0) is 20.7. The van der Waals surface area contributed by atoms with Gasteiger partial charge >= 0.3 is 5.97 Å². The number of carbonyl (C=O) groups is 2. The van der Waals surface area contributed by atoms with E-state index in [4.69, 9.17) is 25.8 Å². The number of esters is 1. The summed E-state index contributed by atoms with van der Waals surface area (Å²) < 4.78 is 15.5. The second-order valence-electron chi connectivity index (χ2n) is 5.98. The highest BCUT2D eigenvalue weighted by molar-refractivity contribution is 6.31. The van der Waals surface area contributed by atoms with Gasteiger partial charge in [-0.15, -0.1) is 0 Å². The molecule has 1 amide bonds. The topological polar surface area (TPSA) is 73.9 Å². The second kappa shape index (κ2) is 9.80. The maximum atomic E-state index is 12.3. The predicted octanol–water partition coefficient (Wildman–Crippen LogP) is 4.25. The van der Waals surface area contributed by atoms with Gasteiger partial charge in [-0.1, -0.05) is 23.7 Å². The average molecular weight is 404 g/mol. The van der Waals surface area contributed by atoms with Crippen LogP contribution in [-0.2, 0) is 14.3 Å². The van der Waals surface area contributed by atoms with Crippen LogP contribution in [0.4, 0.5) is 5.69 Å². The lowest BCUT2D eigenvalue weighted by molar-refractivity contribution is -0.148. The second-order valence-corrected chi connectivity index (χ2v) is 6.41.